The average Bonchev–Trinajstić information content (AvgIpc) is 3.48. The van der Waals surface area contributed by atoms with Crippen LogP contribution in [0.3, 0.4) is 0 Å². The van der Waals surface area contributed by atoms with E-state index in [0.717, 1.165) is 68.3 Å². The van der Waals surface area contributed by atoms with Crippen LogP contribution in [0.1, 0.15) is 42.7 Å². The van der Waals surface area contributed by atoms with Gasteiger partial charge in [-0.3, -0.25) is 0 Å². The monoisotopic (exact) mass is 383 g/mol. The number of benzene rings is 1. The highest BCUT2D eigenvalue weighted by Crippen LogP contribution is 2.44. The zero-order chi connectivity index (χ0) is 19.7. The van der Waals surface area contributed by atoms with Gasteiger partial charge in [0.25, 0.3) is 0 Å². The lowest BCUT2D eigenvalue weighted by molar-refractivity contribution is 0.262. The van der Waals surface area contributed by atoms with Crippen LogP contribution in [0.15, 0.2) is 22.7 Å². The van der Waals surface area contributed by atoms with Crippen molar-refractivity contribution in [1.29, 1.82) is 0 Å². The Balaban J connectivity index is 1.40. The standard InChI is InChI=1S/C21H29N5O2/c1-4-25-9-11-26(12-10-25)17-7-8-18(14(2)13-17)22-21(27)23-19-15(3)24-28-20(19)16-5-6-16/h7-8,13,16H,4-6,9-12H2,1-3H3,(H2,22,23,27). The summed E-state index contributed by atoms with van der Waals surface area (Å²) in [7, 11) is 0. The highest BCUT2D eigenvalue weighted by atomic mass is 16.5. The SMILES string of the molecule is CCN1CCN(c2ccc(NC(=O)Nc3c(C)noc3C3CC3)c(C)c2)CC1. The fourth-order valence-electron chi connectivity index (χ4n) is 3.74. The van der Waals surface area contributed by atoms with Gasteiger partial charge in [0.05, 0.1) is 0 Å². The molecule has 0 atom stereocenters. The zero-order valence-electron chi connectivity index (χ0n) is 16.9. The van der Waals surface area contributed by atoms with Crippen molar-refractivity contribution in [3.05, 3.63) is 35.2 Å². The van der Waals surface area contributed by atoms with Crippen LogP contribution in [0.25, 0.3) is 0 Å². The van der Waals surface area contributed by atoms with Crippen LogP contribution in [0.5, 0.6) is 0 Å². The molecule has 7 nitrogen and oxygen atoms in total. The number of likely N-dealkylation sites (N-methyl/N-ethyl adjacent to an activating group) is 1. The third kappa shape index (κ3) is 3.99. The van der Waals surface area contributed by atoms with Gasteiger partial charge in [0.2, 0.25) is 0 Å². The molecule has 0 unspecified atom stereocenters. The summed E-state index contributed by atoms with van der Waals surface area (Å²) in [6, 6.07) is 5.96. The van der Waals surface area contributed by atoms with E-state index >= 15 is 0 Å². The van der Waals surface area contributed by atoms with Crippen LogP contribution in [0.2, 0.25) is 0 Å². The third-order valence-corrected chi connectivity index (χ3v) is 5.72. The van der Waals surface area contributed by atoms with Crippen molar-refractivity contribution in [3.8, 4) is 0 Å². The Labute approximate surface area is 166 Å². The van der Waals surface area contributed by atoms with E-state index in [1.165, 1.54) is 5.69 Å². The van der Waals surface area contributed by atoms with E-state index in [-0.39, 0.29) is 6.03 Å². The average molecular weight is 383 g/mol. The van der Waals surface area contributed by atoms with Crippen molar-refractivity contribution in [1.82, 2.24) is 10.1 Å². The fourth-order valence-corrected chi connectivity index (χ4v) is 3.74. The van der Waals surface area contributed by atoms with Crippen molar-refractivity contribution in [2.24, 2.45) is 0 Å². The predicted octanol–water partition coefficient (Wildman–Crippen LogP) is 3.95. The number of anilines is 3. The van der Waals surface area contributed by atoms with E-state index in [4.69, 9.17) is 4.52 Å². The van der Waals surface area contributed by atoms with Gasteiger partial charge in [0.1, 0.15) is 11.4 Å². The summed E-state index contributed by atoms with van der Waals surface area (Å²) in [4.78, 5) is 17.4. The van der Waals surface area contributed by atoms with Gasteiger partial charge in [-0.2, -0.15) is 0 Å². The Hall–Kier alpha value is -2.54. The number of aryl methyl sites for hydroxylation is 2. The molecule has 2 aromatic rings. The largest absolute Gasteiger partial charge is 0.369 e. The molecular formula is C21H29N5O2. The highest BCUT2D eigenvalue weighted by molar-refractivity contribution is 6.01. The minimum Gasteiger partial charge on any atom is -0.369 e. The smallest absolute Gasteiger partial charge is 0.323 e. The molecule has 2 aliphatic rings. The van der Waals surface area contributed by atoms with Crippen LogP contribution >= 0.6 is 0 Å². The Morgan fingerprint density at radius 2 is 1.93 bits per heavy atom. The summed E-state index contributed by atoms with van der Waals surface area (Å²) >= 11 is 0. The molecule has 150 valence electrons. The molecule has 2 heterocycles. The number of carbonyl (C=O) groups excluding carboxylic acids is 1. The van der Waals surface area contributed by atoms with Crippen LogP contribution in [-0.4, -0.2) is 48.8 Å². The van der Waals surface area contributed by atoms with Crippen LogP contribution < -0.4 is 15.5 Å². The second-order valence-corrected chi connectivity index (χ2v) is 7.78. The first-order valence-electron chi connectivity index (χ1n) is 10.2. The van der Waals surface area contributed by atoms with Gasteiger partial charge < -0.3 is 25.0 Å². The number of hydrogen-bond donors (Lipinski definition) is 2. The van der Waals surface area contributed by atoms with Gasteiger partial charge in [0.15, 0.2) is 5.76 Å². The predicted molar refractivity (Wildman–Crippen MR) is 111 cm³/mol. The van der Waals surface area contributed by atoms with Crippen molar-refractivity contribution < 1.29 is 9.32 Å². The maximum atomic E-state index is 12.5. The number of nitrogens with one attached hydrogen (secondary N) is 2. The van der Waals surface area contributed by atoms with E-state index in [1.54, 1.807) is 0 Å². The molecule has 1 aromatic carbocycles. The number of aromatic nitrogens is 1. The zero-order valence-corrected chi connectivity index (χ0v) is 16.9. The number of amides is 2. The summed E-state index contributed by atoms with van der Waals surface area (Å²) in [5.41, 5.74) is 4.51. The highest BCUT2D eigenvalue weighted by Gasteiger charge is 2.32. The number of rotatable bonds is 5. The fraction of sp³-hybridized carbons (Fsp3) is 0.524. The first kappa shape index (κ1) is 18.8. The van der Waals surface area contributed by atoms with Crippen molar-refractivity contribution in [2.45, 2.75) is 39.5 Å². The minimum absolute atomic E-state index is 0.263. The molecule has 2 amide bonds. The van der Waals surface area contributed by atoms with Gasteiger partial charge in [-0.15, -0.1) is 0 Å². The van der Waals surface area contributed by atoms with E-state index in [9.17, 15) is 4.79 Å². The van der Waals surface area contributed by atoms with Crippen LogP contribution in [0, 0.1) is 13.8 Å². The lowest BCUT2D eigenvalue weighted by atomic mass is 10.1. The Morgan fingerprint density at radius 1 is 1.18 bits per heavy atom. The molecule has 1 aliphatic carbocycles. The third-order valence-electron chi connectivity index (χ3n) is 5.72. The number of carbonyl (C=O) groups is 1. The molecular weight excluding hydrogens is 354 g/mol. The summed E-state index contributed by atoms with van der Waals surface area (Å²) in [5, 5.41) is 9.89. The first-order chi connectivity index (χ1) is 13.5. The van der Waals surface area contributed by atoms with E-state index in [0.29, 0.717) is 11.6 Å². The number of hydrogen-bond acceptors (Lipinski definition) is 5. The molecule has 0 bridgehead atoms. The molecule has 0 spiro atoms. The molecule has 4 rings (SSSR count). The minimum atomic E-state index is -0.263. The molecule has 1 saturated carbocycles. The van der Waals surface area contributed by atoms with Crippen molar-refractivity contribution >= 4 is 23.1 Å². The molecule has 7 heteroatoms. The summed E-state index contributed by atoms with van der Waals surface area (Å²) < 4.78 is 5.39. The van der Waals surface area contributed by atoms with Gasteiger partial charge in [-0.1, -0.05) is 12.1 Å². The van der Waals surface area contributed by atoms with Gasteiger partial charge >= 0.3 is 6.03 Å². The van der Waals surface area contributed by atoms with Crippen LogP contribution in [-0.2, 0) is 0 Å². The van der Waals surface area contributed by atoms with Crippen molar-refractivity contribution in [3.63, 3.8) is 0 Å². The van der Waals surface area contributed by atoms with Gasteiger partial charge in [0, 0.05) is 43.5 Å². The maximum Gasteiger partial charge on any atom is 0.323 e. The Bertz CT molecular complexity index is 850. The Kier molecular flexibility index (Phi) is 5.26. The number of nitrogens with zero attached hydrogens (tertiary/aromatic N) is 3. The topological polar surface area (TPSA) is 73.6 Å². The number of urea groups is 1. The molecule has 1 aliphatic heterocycles. The quantitative estimate of drug-likeness (QED) is 0.818. The van der Waals surface area contributed by atoms with Crippen LogP contribution in [0.4, 0.5) is 21.9 Å². The lowest BCUT2D eigenvalue weighted by Crippen LogP contribution is -2.46. The van der Waals surface area contributed by atoms with Gasteiger partial charge in [-0.05, 0) is 57.0 Å². The molecule has 1 aromatic heterocycles. The summed E-state index contributed by atoms with van der Waals surface area (Å²) in [6.07, 6.45) is 2.19. The molecule has 28 heavy (non-hydrogen) atoms. The Morgan fingerprint density at radius 3 is 2.57 bits per heavy atom. The second kappa shape index (κ2) is 7.83. The summed E-state index contributed by atoms with van der Waals surface area (Å²) in [5.74, 6) is 1.19. The van der Waals surface area contributed by atoms with Gasteiger partial charge in [-0.25, -0.2) is 4.79 Å². The van der Waals surface area contributed by atoms with E-state index in [1.807, 2.05) is 19.9 Å². The number of piperazine rings is 1. The normalized spacial score (nSPS) is 17.6. The van der Waals surface area contributed by atoms with E-state index < -0.39 is 0 Å². The maximum absolute atomic E-state index is 12.5. The lowest BCUT2D eigenvalue weighted by Gasteiger charge is -2.35. The van der Waals surface area contributed by atoms with Crippen molar-refractivity contribution in [2.75, 3.05) is 48.3 Å². The van der Waals surface area contributed by atoms with E-state index in [2.05, 4.69) is 44.6 Å². The molecule has 1 saturated heterocycles. The first-order valence-corrected chi connectivity index (χ1v) is 10.2. The molecule has 2 fully saturated rings. The second-order valence-electron chi connectivity index (χ2n) is 7.78. The molecule has 2 N–H and O–H groups in total. The molecule has 0 radical (unpaired) electrons. The summed E-state index contributed by atoms with van der Waals surface area (Å²) in [6.45, 7) is 11.5.